The van der Waals surface area contributed by atoms with Crippen LogP contribution in [0.1, 0.15) is 37.2 Å². The number of aromatic amines is 1. The number of carbonyl (C=O) groups is 1. The lowest BCUT2D eigenvalue weighted by Crippen LogP contribution is -2.37. The van der Waals surface area contributed by atoms with Crippen molar-refractivity contribution < 1.29 is 9.53 Å². The SMILES string of the molecule is Cc1cnc(CNC(=O)N(C)CCC[C@@H]2CCCO2)[nH]1. The molecule has 20 heavy (non-hydrogen) atoms. The topological polar surface area (TPSA) is 70.2 Å². The summed E-state index contributed by atoms with van der Waals surface area (Å²) in [6.45, 7) is 4.02. The number of hydrogen-bond acceptors (Lipinski definition) is 3. The van der Waals surface area contributed by atoms with E-state index in [1.807, 2.05) is 14.0 Å². The highest BCUT2D eigenvalue weighted by Gasteiger charge is 2.16. The van der Waals surface area contributed by atoms with Gasteiger partial charge >= 0.3 is 6.03 Å². The van der Waals surface area contributed by atoms with Crippen molar-refractivity contribution in [3.05, 3.63) is 17.7 Å². The third-order valence-corrected chi connectivity index (χ3v) is 3.55. The Bertz CT molecular complexity index is 427. The van der Waals surface area contributed by atoms with Gasteiger partial charge in [-0.05, 0) is 32.6 Å². The first-order valence-electron chi connectivity index (χ1n) is 7.26. The van der Waals surface area contributed by atoms with Gasteiger partial charge in [0.15, 0.2) is 0 Å². The van der Waals surface area contributed by atoms with Crippen LogP contribution in [0.25, 0.3) is 0 Å². The molecule has 1 fully saturated rings. The molecule has 1 aromatic rings. The number of H-pyrrole nitrogens is 1. The molecular weight excluding hydrogens is 256 g/mol. The number of imidazole rings is 1. The van der Waals surface area contributed by atoms with E-state index in [9.17, 15) is 4.79 Å². The van der Waals surface area contributed by atoms with Crippen LogP contribution in [0.15, 0.2) is 6.20 Å². The summed E-state index contributed by atoms with van der Waals surface area (Å²) < 4.78 is 5.57. The Morgan fingerprint density at radius 1 is 1.65 bits per heavy atom. The fourth-order valence-electron chi connectivity index (χ4n) is 2.38. The Balaban J connectivity index is 1.61. The Labute approximate surface area is 119 Å². The van der Waals surface area contributed by atoms with Crippen molar-refractivity contribution in [1.82, 2.24) is 20.2 Å². The van der Waals surface area contributed by atoms with Crippen molar-refractivity contribution >= 4 is 6.03 Å². The largest absolute Gasteiger partial charge is 0.378 e. The first-order valence-corrected chi connectivity index (χ1v) is 7.26. The van der Waals surface area contributed by atoms with Gasteiger partial charge in [-0.15, -0.1) is 0 Å². The molecule has 1 aromatic heterocycles. The Kier molecular flexibility index (Phi) is 5.40. The molecule has 0 spiro atoms. The van der Waals surface area contributed by atoms with Crippen LogP contribution >= 0.6 is 0 Å². The number of nitrogens with one attached hydrogen (secondary N) is 2. The van der Waals surface area contributed by atoms with Gasteiger partial charge < -0.3 is 19.9 Å². The van der Waals surface area contributed by atoms with E-state index in [4.69, 9.17) is 4.74 Å². The molecule has 0 saturated carbocycles. The summed E-state index contributed by atoms with van der Waals surface area (Å²) in [5.41, 5.74) is 0.999. The van der Waals surface area contributed by atoms with E-state index in [2.05, 4.69) is 15.3 Å². The highest BCUT2D eigenvalue weighted by atomic mass is 16.5. The lowest BCUT2D eigenvalue weighted by atomic mass is 10.1. The van der Waals surface area contributed by atoms with Crippen molar-refractivity contribution in [3.8, 4) is 0 Å². The van der Waals surface area contributed by atoms with Gasteiger partial charge in [-0.25, -0.2) is 9.78 Å². The third kappa shape index (κ3) is 4.52. The van der Waals surface area contributed by atoms with Crippen LogP contribution in [-0.4, -0.2) is 47.2 Å². The molecule has 1 aliphatic rings. The van der Waals surface area contributed by atoms with Crippen molar-refractivity contribution in [1.29, 1.82) is 0 Å². The molecular formula is C14H24N4O2. The zero-order valence-electron chi connectivity index (χ0n) is 12.3. The molecule has 0 aliphatic carbocycles. The molecule has 1 aliphatic heterocycles. The van der Waals surface area contributed by atoms with E-state index in [0.29, 0.717) is 12.6 Å². The van der Waals surface area contributed by atoms with Crippen molar-refractivity contribution in [2.45, 2.75) is 45.3 Å². The van der Waals surface area contributed by atoms with Crippen LogP contribution in [0.2, 0.25) is 0 Å². The summed E-state index contributed by atoms with van der Waals surface area (Å²) in [4.78, 5) is 20.9. The van der Waals surface area contributed by atoms with Crippen molar-refractivity contribution in [3.63, 3.8) is 0 Å². The fraction of sp³-hybridized carbons (Fsp3) is 0.714. The maximum atomic E-state index is 11.9. The molecule has 0 radical (unpaired) electrons. The molecule has 0 aromatic carbocycles. The molecule has 6 nitrogen and oxygen atoms in total. The monoisotopic (exact) mass is 280 g/mol. The van der Waals surface area contributed by atoms with Crippen LogP contribution in [0.4, 0.5) is 4.79 Å². The maximum absolute atomic E-state index is 11.9. The summed E-state index contributed by atoms with van der Waals surface area (Å²) in [7, 11) is 1.82. The van der Waals surface area contributed by atoms with E-state index in [0.717, 1.165) is 43.9 Å². The van der Waals surface area contributed by atoms with Crippen LogP contribution in [0.3, 0.4) is 0 Å². The van der Waals surface area contributed by atoms with Crippen LogP contribution < -0.4 is 5.32 Å². The smallest absolute Gasteiger partial charge is 0.317 e. The number of carbonyl (C=O) groups excluding carboxylic acids is 1. The molecule has 1 saturated heterocycles. The molecule has 0 unspecified atom stereocenters. The minimum atomic E-state index is -0.0635. The summed E-state index contributed by atoms with van der Waals surface area (Å²) in [5, 5.41) is 2.85. The Morgan fingerprint density at radius 3 is 3.15 bits per heavy atom. The standard InChI is InChI=1S/C14H24N4O2/c1-11-9-15-13(17-11)10-16-14(19)18(2)7-3-5-12-6-4-8-20-12/h9,12H,3-8,10H2,1-2H3,(H,15,17)(H,16,19)/t12-/m1/s1. The Hall–Kier alpha value is -1.56. The highest BCUT2D eigenvalue weighted by molar-refractivity contribution is 5.73. The number of aromatic nitrogens is 2. The van der Waals surface area contributed by atoms with Gasteiger partial charge in [-0.2, -0.15) is 0 Å². The second kappa shape index (κ2) is 7.28. The minimum absolute atomic E-state index is 0.0635. The van der Waals surface area contributed by atoms with Crippen LogP contribution in [0, 0.1) is 6.92 Å². The summed E-state index contributed by atoms with van der Waals surface area (Å²) in [6, 6.07) is -0.0635. The quantitative estimate of drug-likeness (QED) is 0.835. The number of nitrogens with zero attached hydrogens (tertiary/aromatic N) is 2. The van der Waals surface area contributed by atoms with E-state index >= 15 is 0 Å². The maximum Gasteiger partial charge on any atom is 0.317 e. The van der Waals surface area contributed by atoms with Crippen LogP contribution in [0.5, 0.6) is 0 Å². The van der Waals surface area contributed by atoms with Gasteiger partial charge in [-0.3, -0.25) is 0 Å². The summed E-state index contributed by atoms with van der Waals surface area (Å²) >= 11 is 0. The highest BCUT2D eigenvalue weighted by Crippen LogP contribution is 2.16. The van der Waals surface area contributed by atoms with Crippen molar-refractivity contribution in [2.75, 3.05) is 20.2 Å². The molecule has 2 amide bonds. The molecule has 2 heterocycles. The van der Waals surface area contributed by atoms with Crippen molar-refractivity contribution in [2.24, 2.45) is 0 Å². The molecule has 2 rings (SSSR count). The van der Waals surface area contributed by atoms with Gasteiger partial charge in [-0.1, -0.05) is 0 Å². The average molecular weight is 280 g/mol. The van der Waals surface area contributed by atoms with Crippen LogP contribution in [-0.2, 0) is 11.3 Å². The third-order valence-electron chi connectivity index (χ3n) is 3.55. The first kappa shape index (κ1) is 14.8. The van der Waals surface area contributed by atoms with Gasteiger partial charge in [0.2, 0.25) is 0 Å². The van der Waals surface area contributed by atoms with E-state index in [1.54, 1.807) is 11.1 Å². The average Bonchev–Trinajstić information content (AvgIpc) is 3.07. The van der Waals surface area contributed by atoms with E-state index in [-0.39, 0.29) is 6.03 Å². The molecule has 2 N–H and O–H groups in total. The normalized spacial score (nSPS) is 18.2. The van der Waals surface area contributed by atoms with Gasteiger partial charge in [0.05, 0.1) is 12.6 Å². The lowest BCUT2D eigenvalue weighted by Gasteiger charge is -2.18. The number of amides is 2. The van der Waals surface area contributed by atoms with Gasteiger partial charge in [0, 0.05) is 32.1 Å². The zero-order chi connectivity index (χ0) is 14.4. The van der Waals surface area contributed by atoms with Gasteiger partial charge in [0.25, 0.3) is 0 Å². The molecule has 6 heteroatoms. The predicted octanol–water partition coefficient (Wildman–Crippen LogP) is 1.82. The number of ether oxygens (including phenoxy) is 1. The zero-order valence-corrected chi connectivity index (χ0v) is 12.3. The number of urea groups is 1. The number of hydrogen-bond donors (Lipinski definition) is 2. The second-order valence-corrected chi connectivity index (χ2v) is 5.37. The Morgan fingerprint density at radius 2 is 2.50 bits per heavy atom. The fourth-order valence-corrected chi connectivity index (χ4v) is 2.38. The summed E-state index contributed by atoms with van der Waals surface area (Å²) in [5.74, 6) is 0.781. The number of aryl methyl sites for hydroxylation is 1. The number of rotatable bonds is 6. The molecule has 112 valence electrons. The molecule has 0 bridgehead atoms. The summed E-state index contributed by atoms with van der Waals surface area (Å²) in [6.07, 6.45) is 6.51. The molecule has 1 atom stereocenters. The minimum Gasteiger partial charge on any atom is -0.378 e. The van der Waals surface area contributed by atoms with Gasteiger partial charge in [0.1, 0.15) is 5.82 Å². The van der Waals surface area contributed by atoms with E-state index < -0.39 is 0 Å². The second-order valence-electron chi connectivity index (χ2n) is 5.37. The lowest BCUT2D eigenvalue weighted by molar-refractivity contribution is 0.100. The van der Waals surface area contributed by atoms with E-state index in [1.165, 1.54) is 6.42 Å². The predicted molar refractivity (Wildman–Crippen MR) is 76.4 cm³/mol. The first-order chi connectivity index (χ1) is 9.65.